The van der Waals surface area contributed by atoms with E-state index < -0.39 is 12.0 Å². The lowest BCUT2D eigenvalue weighted by Gasteiger charge is -2.22. The number of methoxy groups -OCH3 is 2. The maximum absolute atomic E-state index is 12.5. The first-order valence-electron chi connectivity index (χ1n) is 8.04. The van der Waals surface area contributed by atoms with Gasteiger partial charge in [0.05, 0.1) is 20.6 Å². The molecule has 1 heterocycles. The number of rotatable bonds is 7. The minimum absolute atomic E-state index is 0.126. The van der Waals surface area contributed by atoms with Crippen molar-refractivity contribution in [3.8, 4) is 5.75 Å². The van der Waals surface area contributed by atoms with Gasteiger partial charge in [-0.25, -0.2) is 0 Å². The Morgan fingerprint density at radius 2 is 1.88 bits per heavy atom. The van der Waals surface area contributed by atoms with Gasteiger partial charge < -0.3 is 19.7 Å². The van der Waals surface area contributed by atoms with Crippen LogP contribution in [0, 0.1) is 0 Å². The molecule has 1 atom stereocenters. The first-order chi connectivity index (χ1) is 12.4. The molecule has 2 amide bonds. The van der Waals surface area contributed by atoms with Gasteiger partial charge in [-0.2, -0.15) is 0 Å². The van der Waals surface area contributed by atoms with E-state index in [0.29, 0.717) is 18.0 Å². The van der Waals surface area contributed by atoms with Crippen LogP contribution in [0.4, 0.5) is 5.69 Å². The monoisotopic (exact) mass is 379 g/mol. The maximum Gasteiger partial charge on any atom is 0.325 e. The van der Waals surface area contributed by atoms with Gasteiger partial charge in [0, 0.05) is 12.2 Å². The molecule has 1 aromatic rings. The van der Waals surface area contributed by atoms with E-state index >= 15 is 0 Å². The molecule has 1 N–H and O–H groups in total. The number of likely N-dealkylation sites (N-methyl/N-ethyl adjacent to an activating group) is 1. The molecule has 0 saturated carbocycles. The van der Waals surface area contributed by atoms with Crippen LogP contribution in [0.5, 0.6) is 5.75 Å². The van der Waals surface area contributed by atoms with E-state index in [4.69, 9.17) is 17.0 Å². The molecule has 0 aromatic heterocycles. The van der Waals surface area contributed by atoms with Crippen molar-refractivity contribution in [2.24, 2.45) is 0 Å². The van der Waals surface area contributed by atoms with Gasteiger partial charge in [0.15, 0.2) is 5.11 Å². The van der Waals surface area contributed by atoms with Gasteiger partial charge in [0.1, 0.15) is 18.3 Å². The molecule has 0 spiro atoms. The Morgan fingerprint density at radius 1 is 1.23 bits per heavy atom. The Morgan fingerprint density at radius 3 is 2.42 bits per heavy atom. The zero-order valence-electron chi connectivity index (χ0n) is 14.9. The fourth-order valence-electron chi connectivity index (χ4n) is 2.63. The number of anilines is 1. The van der Waals surface area contributed by atoms with Crippen LogP contribution >= 0.6 is 12.2 Å². The van der Waals surface area contributed by atoms with Crippen molar-refractivity contribution in [1.82, 2.24) is 9.80 Å². The number of nitrogens with zero attached hydrogens (tertiary/aromatic N) is 2. The van der Waals surface area contributed by atoms with Crippen LogP contribution < -0.4 is 10.1 Å². The predicted octanol–water partition coefficient (Wildman–Crippen LogP) is 1.01. The number of carbonyl (C=O) groups excluding carboxylic acids is 3. The van der Waals surface area contributed by atoms with E-state index in [9.17, 15) is 14.4 Å². The van der Waals surface area contributed by atoms with Gasteiger partial charge in [-0.3, -0.25) is 19.3 Å². The average Bonchev–Trinajstić information content (AvgIpc) is 2.85. The predicted molar refractivity (Wildman–Crippen MR) is 98.7 cm³/mol. The van der Waals surface area contributed by atoms with Gasteiger partial charge in [0.2, 0.25) is 5.91 Å². The SMILES string of the molecule is CCN1C(=O)C(CC(=O)Nc2ccc(OC)cc2)N(CC(=O)OC)C1=S. The summed E-state index contributed by atoms with van der Waals surface area (Å²) in [5.74, 6) is -0.517. The van der Waals surface area contributed by atoms with Crippen molar-refractivity contribution in [2.45, 2.75) is 19.4 Å². The third kappa shape index (κ3) is 4.29. The van der Waals surface area contributed by atoms with Crippen LogP contribution in [0.1, 0.15) is 13.3 Å². The standard InChI is InChI=1S/C17H21N3O5S/c1-4-19-16(23)13(20(17(19)26)10-15(22)25-3)9-14(21)18-11-5-7-12(24-2)8-6-11/h5-8,13H,4,9-10H2,1-3H3,(H,18,21). The molecular weight excluding hydrogens is 358 g/mol. The van der Waals surface area contributed by atoms with Gasteiger partial charge in [-0.1, -0.05) is 0 Å². The molecule has 1 unspecified atom stereocenters. The van der Waals surface area contributed by atoms with E-state index in [1.54, 1.807) is 38.3 Å². The summed E-state index contributed by atoms with van der Waals surface area (Å²) < 4.78 is 9.72. The lowest BCUT2D eigenvalue weighted by atomic mass is 10.1. The Balaban J connectivity index is 2.09. The van der Waals surface area contributed by atoms with E-state index in [1.807, 2.05) is 0 Å². The van der Waals surface area contributed by atoms with E-state index in [-0.39, 0.29) is 29.9 Å². The highest BCUT2D eigenvalue weighted by molar-refractivity contribution is 7.80. The summed E-state index contributed by atoms with van der Waals surface area (Å²) in [4.78, 5) is 39.4. The Bertz CT molecular complexity index is 707. The third-order valence-electron chi connectivity index (χ3n) is 4.00. The Hall–Kier alpha value is -2.68. The number of nitrogens with one attached hydrogen (secondary N) is 1. The molecule has 1 fully saturated rings. The zero-order chi connectivity index (χ0) is 19.3. The summed E-state index contributed by atoms with van der Waals surface area (Å²) >= 11 is 5.27. The third-order valence-corrected chi connectivity index (χ3v) is 4.45. The summed E-state index contributed by atoms with van der Waals surface area (Å²) in [6.07, 6.45) is -0.126. The number of benzene rings is 1. The normalized spacial score (nSPS) is 16.7. The van der Waals surface area contributed by atoms with Crippen LogP contribution in [0.2, 0.25) is 0 Å². The highest BCUT2D eigenvalue weighted by Crippen LogP contribution is 2.22. The maximum atomic E-state index is 12.5. The molecule has 0 radical (unpaired) electrons. The van der Waals surface area contributed by atoms with Crippen LogP contribution in [-0.4, -0.2) is 66.0 Å². The summed E-state index contributed by atoms with van der Waals surface area (Å²) in [7, 11) is 2.81. The number of amides is 2. The zero-order valence-corrected chi connectivity index (χ0v) is 15.7. The summed E-state index contributed by atoms with van der Waals surface area (Å²) in [6, 6.07) is 5.99. The van der Waals surface area contributed by atoms with Crippen LogP contribution in [-0.2, 0) is 19.1 Å². The molecule has 9 heteroatoms. The van der Waals surface area contributed by atoms with Gasteiger partial charge in [0.25, 0.3) is 5.91 Å². The van der Waals surface area contributed by atoms with Gasteiger partial charge >= 0.3 is 5.97 Å². The Labute approximate surface area is 157 Å². The fourth-order valence-corrected chi connectivity index (χ4v) is 3.04. The van der Waals surface area contributed by atoms with Crippen LogP contribution in [0.15, 0.2) is 24.3 Å². The quantitative estimate of drug-likeness (QED) is 0.559. The van der Waals surface area contributed by atoms with Crippen molar-refractivity contribution in [3.63, 3.8) is 0 Å². The minimum Gasteiger partial charge on any atom is -0.497 e. The number of esters is 1. The van der Waals surface area contributed by atoms with Gasteiger partial charge in [-0.15, -0.1) is 0 Å². The molecule has 1 aliphatic rings. The smallest absolute Gasteiger partial charge is 0.325 e. The lowest BCUT2D eigenvalue weighted by molar-refractivity contribution is -0.141. The molecule has 1 saturated heterocycles. The second-order valence-electron chi connectivity index (χ2n) is 5.57. The molecule has 1 aromatic carbocycles. The van der Waals surface area contributed by atoms with Crippen molar-refractivity contribution >= 4 is 40.8 Å². The second-order valence-corrected chi connectivity index (χ2v) is 5.93. The van der Waals surface area contributed by atoms with Crippen LogP contribution in [0.25, 0.3) is 0 Å². The molecule has 2 rings (SSSR count). The molecule has 0 bridgehead atoms. The highest BCUT2D eigenvalue weighted by Gasteiger charge is 2.43. The van der Waals surface area contributed by atoms with E-state index in [1.165, 1.54) is 16.9 Å². The van der Waals surface area contributed by atoms with E-state index in [0.717, 1.165) is 0 Å². The largest absolute Gasteiger partial charge is 0.497 e. The van der Waals surface area contributed by atoms with Crippen molar-refractivity contribution in [3.05, 3.63) is 24.3 Å². The summed E-state index contributed by atoms with van der Waals surface area (Å²) in [5, 5.41) is 2.95. The number of ether oxygens (including phenoxy) is 2. The highest BCUT2D eigenvalue weighted by atomic mass is 32.1. The average molecular weight is 379 g/mol. The number of hydrogen-bond acceptors (Lipinski definition) is 6. The molecule has 140 valence electrons. The number of thiocarbonyl (C=S) groups is 1. The van der Waals surface area contributed by atoms with Crippen LogP contribution in [0.3, 0.4) is 0 Å². The van der Waals surface area contributed by atoms with Crippen molar-refractivity contribution in [1.29, 1.82) is 0 Å². The molecule has 1 aliphatic heterocycles. The number of carbonyl (C=O) groups is 3. The fraction of sp³-hybridized carbons (Fsp3) is 0.412. The summed E-state index contributed by atoms with van der Waals surface area (Å²) in [5.41, 5.74) is 0.579. The van der Waals surface area contributed by atoms with E-state index in [2.05, 4.69) is 10.1 Å². The Kier molecular flexibility index (Phi) is 6.51. The topological polar surface area (TPSA) is 88.2 Å². The first kappa shape index (κ1) is 19.6. The first-order valence-corrected chi connectivity index (χ1v) is 8.44. The summed E-state index contributed by atoms with van der Waals surface area (Å²) in [6.45, 7) is 1.96. The number of hydrogen-bond donors (Lipinski definition) is 1. The molecule has 26 heavy (non-hydrogen) atoms. The second kappa shape index (κ2) is 8.61. The molecule has 8 nitrogen and oxygen atoms in total. The van der Waals surface area contributed by atoms with Gasteiger partial charge in [-0.05, 0) is 43.4 Å². The minimum atomic E-state index is -0.834. The molecular formula is C17H21N3O5S. The lowest BCUT2D eigenvalue weighted by Crippen LogP contribution is -2.41. The van der Waals surface area contributed by atoms with Crippen molar-refractivity contribution in [2.75, 3.05) is 32.6 Å². The molecule has 0 aliphatic carbocycles. The van der Waals surface area contributed by atoms with Crippen molar-refractivity contribution < 1.29 is 23.9 Å².